The molecule has 0 aromatic heterocycles. The molecule has 4 rings (SSSR count). The zero-order valence-electron chi connectivity index (χ0n) is 14.9. The molecule has 0 atom stereocenters. The average molecular weight is 360 g/mol. The van der Waals surface area contributed by atoms with Gasteiger partial charge in [0.2, 0.25) is 0 Å². The predicted molar refractivity (Wildman–Crippen MR) is 110 cm³/mol. The van der Waals surface area contributed by atoms with Crippen LogP contribution in [0.5, 0.6) is 11.5 Å². The van der Waals surface area contributed by atoms with Gasteiger partial charge in [0, 0.05) is 0 Å². The van der Waals surface area contributed by atoms with Crippen molar-refractivity contribution in [2.24, 2.45) is 0 Å². The lowest BCUT2D eigenvalue weighted by Gasteiger charge is -2.16. The van der Waals surface area contributed by atoms with Gasteiger partial charge < -0.3 is 9.47 Å². The van der Waals surface area contributed by atoms with Gasteiger partial charge in [-0.2, -0.15) is 0 Å². The Morgan fingerprint density at radius 2 is 1.23 bits per heavy atom. The smallest absolute Gasteiger partial charge is 0.133 e. The number of methoxy groups -OCH3 is 1. The van der Waals surface area contributed by atoms with Crippen LogP contribution in [0.15, 0.2) is 82.6 Å². The number of rotatable bonds is 5. The molecule has 0 unspecified atom stereocenters. The van der Waals surface area contributed by atoms with Crippen LogP contribution in [0, 0.1) is 0 Å². The molecule has 0 radical (unpaired) electrons. The van der Waals surface area contributed by atoms with Crippen LogP contribution in [-0.2, 0) is 0 Å². The molecule has 0 spiro atoms. The zero-order chi connectivity index (χ0) is 17.9. The van der Waals surface area contributed by atoms with E-state index in [0.29, 0.717) is 6.61 Å². The third-order valence-electron chi connectivity index (χ3n) is 4.41. The van der Waals surface area contributed by atoms with Crippen molar-refractivity contribution in [3.8, 4) is 11.5 Å². The van der Waals surface area contributed by atoms with E-state index in [2.05, 4.69) is 66.7 Å². The summed E-state index contributed by atoms with van der Waals surface area (Å²) in [4.78, 5) is 2.24. The monoisotopic (exact) mass is 360 g/mol. The van der Waals surface area contributed by atoms with E-state index < -0.39 is 0 Å². The van der Waals surface area contributed by atoms with Crippen molar-refractivity contribution in [3.05, 3.63) is 72.8 Å². The number of ether oxygens (including phenoxy) is 2. The highest BCUT2D eigenvalue weighted by molar-refractivity contribution is 8.00. The summed E-state index contributed by atoms with van der Waals surface area (Å²) < 4.78 is 11.6. The summed E-state index contributed by atoms with van der Waals surface area (Å²) >= 11 is 1.71. The maximum Gasteiger partial charge on any atom is 0.133 e. The molecule has 4 aromatic rings. The molecule has 4 aromatic carbocycles. The zero-order valence-corrected chi connectivity index (χ0v) is 15.7. The van der Waals surface area contributed by atoms with Crippen LogP contribution < -0.4 is 9.47 Å². The third kappa shape index (κ3) is 2.99. The summed E-state index contributed by atoms with van der Waals surface area (Å²) in [7, 11) is 1.72. The van der Waals surface area contributed by atoms with E-state index in [4.69, 9.17) is 9.47 Å². The van der Waals surface area contributed by atoms with E-state index in [1.165, 1.54) is 21.5 Å². The lowest BCUT2D eigenvalue weighted by Crippen LogP contribution is -1.95. The molecule has 3 heteroatoms. The fraction of sp³-hybridized carbons (Fsp3) is 0.130. The molecular weight excluding hydrogens is 340 g/mol. The summed E-state index contributed by atoms with van der Waals surface area (Å²) in [6, 6.07) is 25.1. The lowest BCUT2D eigenvalue weighted by atomic mass is 10.1. The Bertz CT molecular complexity index is 1070. The number of hydrogen-bond acceptors (Lipinski definition) is 3. The van der Waals surface area contributed by atoms with Crippen LogP contribution in [0.3, 0.4) is 0 Å². The van der Waals surface area contributed by atoms with E-state index in [1.807, 2.05) is 13.0 Å². The van der Waals surface area contributed by atoms with Gasteiger partial charge >= 0.3 is 0 Å². The second kappa shape index (κ2) is 7.30. The predicted octanol–water partition coefficient (Wildman–Crippen LogP) is 6.55. The van der Waals surface area contributed by atoms with Crippen molar-refractivity contribution < 1.29 is 9.47 Å². The van der Waals surface area contributed by atoms with Crippen molar-refractivity contribution in [2.45, 2.75) is 16.7 Å². The van der Waals surface area contributed by atoms with Crippen LogP contribution >= 0.6 is 11.8 Å². The number of benzene rings is 4. The first-order valence-electron chi connectivity index (χ1n) is 8.70. The van der Waals surface area contributed by atoms with Gasteiger partial charge in [0.25, 0.3) is 0 Å². The SMILES string of the molecule is CCOc1ccc2ccccc2c1Sc1c(OC)ccc2ccccc12. The Morgan fingerprint density at radius 1 is 0.692 bits per heavy atom. The summed E-state index contributed by atoms with van der Waals surface area (Å²) in [5.41, 5.74) is 0. The molecule has 26 heavy (non-hydrogen) atoms. The Hall–Kier alpha value is -2.65. The van der Waals surface area contributed by atoms with Gasteiger partial charge in [-0.05, 0) is 40.6 Å². The van der Waals surface area contributed by atoms with Crippen molar-refractivity contribution in [1.29, 1.82) is 0 Å². The molecule has 0 fully saturated rings. The fourth-order valence-electron chi connectivity index (χ4n) is 3.19. The van der Waals surface area contributed by atoms with Gasteiger partial charge in [0.05, 0.1) is 23.5 Å². The first kappa shape index (κ1) is 16.8. The van der Waals surface area contributed by atoms with E-state index in [-0.39, 0.29) is 0 Å². The summed E-state index contributed by atoms with van der Waals surface area (Å²) in [6.07, 6.45) is 0. The molecule has 0 N–H and O–H groups in total. The van der Waals surface area contributed by atoms with Gasteiger partial charge in [0.1, 0.15) is 11.5 Å². The molecular formula is C23H20O2S. The second-order valence-electron chi connectivity index (χ2n) is 5.97. The first-order valence-corrected chi connectivity index (χ1v) is 9.51. The van der Waals surface area contributed by atoms with Gasteiger partial charge in [-0.3, -0.25) is 0 Å². The minimum atomic E-state index is 0.637. The summed E-state index contributed by atoms with van der Waals surface area (Å²) in [5, 5.41) is 4.79. The third-order valence-corrected chi connectivity index (χ3v) is 5.66. The van der Waals surface area contributed by atoms with Gasteiger partial charge in [-0.1, -0.05) is 72.4 Å². The molecule has 0 saturated carbocycles. The second-order valence-corrected chi connectivity index (χ2v) is 6.99. The molecule has 130 valence electrons. The molecule has 0 saturated heterocycles. The standard InChI is InChI=1S/C23H20O2S/c1-3-25-21-15-13-17-9-5-7-11-19(17)23(21)26-22-18-10-6-4-8-16(18)12-14-20(22)24-2/h4-15H,3H2,1-2H3. The maximum absolute atomic E-state index is 5.94. The van der Waals surface area contributed by atoms with Crippen LogP contribution in [-0.4, -0.2) is 13.7 Å². The van der Waals surface area contributed by atoms with Crippen molar-refractivity contribution in [2.75, 3.05) is 13.7 Å². The average Bonchev–Trinajstić information content (AvgIpc) is 2.70. The fourth-order valence-corrected chi connectivity index (χ4v) is 4.46. The highest BCUT2D eigenvalue weighted by atomic mass is 32.2. The first-order chi connectivity index (χ1) is 12.8. The summed E-state index contributed by atoms with van der Waals surface area (Å²) in [5.74, 6) is 1.79. The largest absolute Gasteiger partial charge is 0.496 e. The van der Waals surface area contributed by atoms with E-state index >= 15 is 0 Å². The minimum absolute atomic E-state index is 0.637. The molecule has 0 bridgehead atoms. The van der Waals surface area contributed by atoms with Crippen LogP contribution in [0.4, 0.5) is 0 Å². The van der Waals surface area contributed by atoms with E-state index in [1.54, 1.807) is 18.9 Å². The van der Waals surface area contributed by atoms with Crippen LogP contribution in [0.25, 0.3) is 21.5 Å². The Kier molecular flexibility index (Phi) is 4.72. The van der Waals surface area contributed by atoms with Crippen molar-refractivity contribution in [3.63, 3.8) is 0 Å². The maximum atomic E-state index is 5.94. The van der Waals surface area contributed by atoms with Crippen LogP contribution in [0.1, 0.15) is 6.92 Å². The molecule has 2 nitrogen and oxygen atoms in total. The van der Waals surface area contributed by atoms with Crippen molar-refractivity contribution in [1.82, 2.24) is 0 Å². The topological polar surface area (TPSA) is 18.5 Å². The normalized spacial score (nSPS) is 11.0. The van der Waals surface area contributed by atoms with E-state index in [0.717, 1.165) is 21.3 Å². The lowest BCUT2D eigenvalue weighted by molar-refractivity contribution is 0.333. The molecule has 0 heterocycles. The summed E-state index contributed by atoms with van der Waals surface area (Å²) in [6.45, 7) is 2.65. The Morgan fingerprint density at radius 3 is 1.81 bits per heavy atom. The molecule has 0 aliphatic rings. The molecule has 0 aliphatic carbocycles. The highest BCUT2D eigenvalue weighted by Gasteiger charge is 2.15. The van der Waals surface area contributed by atoms with Gasteiger partial charge in [-0.15, -0.1) is 0 Å². The Balaban J connectivity index is 1.95. The quantitative estimate of drug-likeness (QED) is 0.402. The van der Waals surface area contributed by atoms with Gasteiger partial charge in [0.15, 0.2) is 0 Å². The van der Waals surface area contributed by atoms with Crippen molar-refractivity contribution >= 4 is 33.3 Å². The van der Waals surface area contributed by atoms with Gasteiger partial charge in [-0.25, -0.2) is 0 Å². The number of fused-ring (bicyclic) bond motifs is 2. The molecule has 0 aliphatic heterocycles. The van der Waals surface area contributed by atoms with Crippen LogP contribution in [0.2, 0.25) is 0 Å². The minimum Gasteiger partial charge on any atom is -0.496 e. The highest BCUT2D eigenvalue weighted by Crippen LogP contribution is 2.46. The van der Waals surface area contributed by atoms with E-state index in [9.17, 15) is 0 Å². The Labute approximate surface area is 157 Å². The number of hydrogen-bond donors (Lipinski definition) is 0. The molecule has 0 amide bonds.